The Hall–Kier alpha value is -0.570. The van der Waals surface area contributed by atoms with Crippen LogP contribution >= 0.6 is 11.6 Å². The first-order valence-corrected chi connectivity index (χ1v) is 6.10. The monoisotopic (exact) mass is 238 g/mol. The Labute approximate surface area is 103 Å². The molecule has 2 rings (SSSR count). The van der Waals surface area contributed by atoms with Crippen molar-refractivity contribution < 1.29 is 0 Å². The molecular formula is C13H19ClN2. The molecule has 88 valence electrons. The fourth-order valence-corrected chi connectivity index (χ4v) is 2.52. The van der Waals surface area contributed by atoms with Crippen molar-refractivity contribution in [3.8, 4) is 0 Å². The van der Waals surface area contributed by atoms with E-state index >= 15 is 0 Å². The van der Waals surface area contributed by atoms with Gasteiger partial charge in [-0.25, -0.2) is 0 Å². The molecular weight excluding hydrogens is 220 g/mol. The lowest BCUT2D eigenvalue weighted by Crippen LogP contribution is -2.60. The summed E-state index contributed by atoms with van der Waals surface area (Å²) in [5, 5.41) is 4.16. The highest BCUT2D eigenvalue weighted by atomic mass is 35.5. The van der Waals surface area contributed by atoms with Gasteiger partial charge in [0.15, 0.2) is 0 Å². The molecule has 3 heteroatoms. The molecule has 16 heavy (non-hydrogen) atoms. The van der Waals surface area contributed by atoms with Crippen LogP contribution in [0.3, 0.4) is 0 Å². The lowest BCUT2D eigenvalue weighted by Gasteiger charge is -2.46. The maximum absolute atomic E-state index is 6.28. The van der Waals surface area contributed by atoms with Crippen LogP contribution in [0.25, 0.3) is 0 Å². The standard InChI is InChI=1S/C13H19ClN2/c1-13(2,16(3)10-8-15-9-10)11-6-4-5-7-12(11)14/h4-7,10,15H,8-9H2,1-3H3. The van der Waals surface area contributed by atoms with Crippen molar-refractivity contribution in [2.24, 2.45) is 0 Å². The number of hydrogen-bond donors (Lipinski definition) is 1. The van der Waals surface area contributed by atoms with Gasteiger partial charge in [0, 0.05) is 29.7 Å². The van der Waals surface area contributed by atoms with Crippen molar-refractivity contribution in [1.82, 2.24) is 10.2 Å². The predicted octanol–water partition coefficient (Wildman–Crippen LogP) is 2.48. The molecule has 0 aromatic heterocycles. The lowest BCUT2D eigenvalue weighted by molar-refractivity contribution is 0.0686. The summed E-state index contributed by atoms with van der Waals surface area (Å²) in [6.07, 6.45) is 0. The Morgan fingerprint density at radius 2 is 1.94 bits per heavy atom. The second-order valence-electron chi connectivity index (χ2n) is 4.96. The van der Waals surface area contributed by atoms with E-state index in [9.17, 15) is 0 Å². The lowest BCUT2D eigenvalue weighted by atomic mass is 9.90. The zero-order valence-corrected chi connectivity index (χ0v) is 10.9. The average molecular weight is 239 g/mol. The van der Waals surface area contributed by atoms with Gasteiger partial charge in [0.25, 0.3) is 0 Å². The first kappa shape index (κ1) is 11.9. The molecule has 1 aliphatic heterocycles. The van der Waals surface area contributed by atoms with Crippen LogP contribution in [-0.4, -0.2) is 31.1 Å². The van der Waals surface area contributed by atoms with Gasteiger partial charge in [-0.1, -0.05) is 29.8 Å². The third-order valence-corrected chi connectivity index (χ3v) is 4.05. The molecule has 1 saturated heterocycles. The molecule has 0 amide bonds. The third kappa shape index (κ3) is 1.97. The van der Waals surface area contributed by atoms with E-state index in [4.69, 9.17) is 11.6 Å². The largest absolute Gasteiger partial charge is 0.314 e. The molecule has 1 aromatic rings. The number of nitrogens with one attached hydrogen (secondary N) is 1. The van der Waals surface area contributed by atoms with Crippen LogP contribution in [0.1, 0.15) is 19.4 Å². The van der Waals surface area contributed by atoms with E-state index in [0.717, 1.165) is 18.1 Å². The van der Waals surface area contributed by atoms with Gasteiger partial charge in [0.2, 0.25) is 0 Å². The van der Waals surface area contributed by atoms with Gasteiger partial charge in [0.1, 0.15) is 0 Å². The van der Waals surface area contributed by atoms with E-state index in [-0.39, 0.29) is 5.54 Å². The maximum atomic E-state index is 6.28. The first-order valence-electron chi connectivity index (χ1n) is 5.72. The van der Waals surface area contributed by atoms with Gasteiger partial charge in [-0.3, -0.25) is 4.90 Å². The normalized spacial score (nSPS) is 17.6. The molecule has 0 radical (unpaired) electrons. The Balaban J connectivity index is 2.26. The van der Waals surface area contributed by atoms with Crippen molar-refractivity contribution in [2.45, 2.75) is 25.4 Å². The SMILES string of the molecule is CN(C1CNC1)C(C)(C)c1ccccc1Cl. The van der Waals surface area contributed by atoms with Gasteiger partial charge in [-0.2, -0.15) is 0 Å². The summed E-state index contributed by atoms with van der Waals surface area (Å²) < 4.78 is 0. The van der Waals surface area contributed by atoms with E-state index in [2.05, 4.69) is 43.2 Å². The summed E-state index contributed by atoms with van der Waals surface area (Å²) in [7, 11) is 2.18. The van der Waals surface area contributed by atoms with E-state index in [1.807, 2.05) is 12.1 Å². The predicted molar refractivity (Wildman–Crippen MR) is 68.9 cm³/mol. The van der Waals surface area contributed by atoms with Gasteiger partial charge >= 0.3 is 0 Å². The summed E-state index contributed by atoms with van der Waals surface area (Å²) in [5.74, 6) is 0. The fourth-order valence-electron chi connectivity index (χ4n) is 2.15. The third-order valence-electron chi connectivity index (χ3n) is 3.72. The molecule has 1 aliphatic rings. The maximum Gasteiger partial charge on any atom is 0.0456 e. The van der Waals surface area contributed by atoms with Crippen LogP contribution < -0.4 is 5.32 Å². The molecule has 0 aliphatic carbocycles. The number of nitrogens with zero attached hydrogens (tertiary/aromatic N) is 1. The first-order chi connectivity index (χ1) is 7.53. The van der Waals surface area contributed by atoms with E-state index in [0.29, 0.717) is 6.04 Å². The summed E-state index contributed by atoms with van der Waals surface area (Å²) >= 11 is 6.28. The van der Waals surface area contributed by atoms with Gasteiger partial charge in [-0.05, 0) is 32.5 Å². The van der Waals surface area contributed by atoms with Crippen LogP contribution in [0.5, 0.6) is 0 Å². The molecule has 0 spiro atoms. The number of rotatable bonds is 3. The van der Waals surface area contributed by atoms with Crippen LogP contribution in [0, 0.1) is 0 Å². The second kappa shape index (κ2) is 4.36. The Kier molecular flexibility index (Phi) is 3.24. The second-order valence-corrected chi connectivity index (χ2v) is 5.37. The highest BCUT2D eigenvalue weighted by Gasteiger charge is 2.34. The molecule has 1 N–H and O–H groups in total. The van der Waals surface area contributed by atoms with Crippen molar-refractivity contribution in [3.63, 3.8) is 0 Å². The smallest absolute Gasteiger partial charge is 0.0456 e. The summed E-state index contributed by atoms with van der Waals surface area (Å²) in [4.78, 5) is 2.41. The molecule has 0 bridgehead atoms. The van der Waals surface area contributed by atoms with Crippen molar-refractivity contribution in [1.29, 1.82) is 0 Å². The Morgan fingerprint density at radius 3 is 2.44 bits per heavy atom. The highest BCUT2D eigenvalue weighted by molar-refractivity contribution is 6.31. The molecule has 1 aromatic carbocycles. The van der Waals surface area contributed by atoms with Crippen LogP contribution in [0.15, 0.2) is 24.3 Å². The molecule has 2 nitrogen and oxygen atoms in total. The van der Waals surface area contributed by atoms with Gasteiger partial charge in [-0.15, -0.1) is 0 Å². The van der Waals surface area contributed by atoms with Gasteiger partial charge < -0.3 is 5.32 Å². The van der Waals surface area contributed by atoms with E-state index in [1.54, 1.807) is 0 Å². The quantitative estimate of drug-likeness (QED) is 0.871. The zero-order valence-electron chi connectivity index (χ0n) is 10.1. The van der Waals surface area contributed by atoms with Crippen LogP contribution in [-0.2, 0) is 5.54 Å². The van der Waals surface area contributed by atoms with Crippen LogP contribution in [0.2, 0.25) is 5.02 Å². The average Bonchev–Trinajstić information content (AvgIpc) is 2.15. The molecule has 0 atom stereocenters. The van der Waals surface area contributed by atoms with E-state index in [1.165, 1.54) is 5.56 Å². The minimum Gasteiger partial charge on any atom is -0.314 e. The minimum absolute atomic E-state index is 0.0227. The summed E-state index contributed by atoms with van der Waals surface area (Å²) in [6.45, 7) is 6.60. The van der Waals surface area contributed by atoms with Crippen molar-refractivity contribution in [2.75, 3.05) is 20.1 Å². The molecule has 1 fully saturated rings. The van der Waals surface area contributed by atoms with Crippen LogP contribution in [0.4, 0.5) is 0 Å². The summed E-state index contributed by atoms with van der Waals surface area (Å²) in [5.41, 5.74) is 1.18. The Bertz CT molecular complexity index is 372. The molecule has 0 saturated carbocycles. The topological polar surface area (TPSA) is 15.3 Å². The minimum atomic E-state index is -0.0227. The fraction of sp³-hybridized carbons (Fsp3) is 0.538. The molecule has 1 heterocycles. The molecule has 0 unspecified atom stereocenters. The summed E-state index contributed by atoms with van der Waals surface area (Å²) in [6, 6.07) is 8.73. The zero-order chi connectivity index (χ0) is 11.8. The van der Waals surface area contributed by atoms with Crippen molar-refractivity contribution in [3.05, 3.63) is 34.9 Å². The number of hydrogen-bond acceptors (Lipinski definition) is 2. The number of likely N-dealkylation sites (N-methyl/N-ethyl adjacent to an activating group) is 1. The number of benzene rings is 1. The van der Waals surface area contributed by atoms with Crippen molar-refractivity contribution >= 4 is 11.6 Å². The number of halogens is 1. The van der Waals surface area contributed by atoms with E-state index < -0.39 is 0 Å². The highest BCUT2D eigenvalue weighted by Crippen LogP contribution is 2.33. The Morgan fingerprint density at radius 1 is 1.31 bits per heavy atom. The van der Waals surface area contributed by atoms with Gasteiger partial charge in [0.05, 0.1) is 0 Å².